The Morgan fingerprint density at radius 3 is 2.89 bits per heavy atom. The fourth-order valence-electron chi connectivity index (χ4n) is 2.13. The number of fused-ring (bicyclic) bond motifs is 1. The van der Waals surface area contributed by atoms with E-state index >= 15 is 0 Å². The Labute approximate surface area is 124 Å². The van der Waals surface area contributed by atoms with E-state index in [-0.39, 0.29) is 0 Å². The lowest BCUT2D eigenvalue weighted by Gasteiger charge is -2.10. The number of rotatable bonds is 2. The van der Waals surface area contributed by atoms with Gasteiger partial charge in [0.25, 0.3) is 0 Å². The maximum atomic E-state index is 6.02. The van der Waals surface area contributed by atoms with Gasteiger partial charge in [-0.05, 0) is 46.6 Å². The van der Waals surface area contributed by atoms with Crippen LogP contribution in [-0.4, -0.2) is 14.5 Å². The molecule has 0 saturated heterocycles. The lowest BCUT2D eigenvalue weighted by atomic mass is 10.2. The van der Waals surface area contributed by atoms with E-state index in [1.54, 1.807) is 12.4 Å². The predicted molar refractivity (Wildman–Crippen MR) is 80.9 cm³/mol. The summed E-state index contributed by atoms with van der Waals surface area (Å²) in [7, 11) is 0. The van der Waals surface area contributed by atoms with Crippen LogP contribution in [0.15, 0.2) is 41.1 Å². The van der Waals surface area contributed by atoms with E-state index < -0.39 is 0 Å². The van der Waals surface area contributed by atoms with E-state index in [0.717, 1.165) is 27.0 Å². The van der Waals surface area contributed by atoms with Gasteiger partial charge in [0.15, 0.2) is 0 Å². The zero-order valence-corrected chi connectivity index (χ0v) is 12.6. The molecule has 5 heteroatoms. The zero-order chi connectivity index (χ0) is 13.4. The fraction of sp³-hybridized carbons (Fsp3) is 0.143. The number of pyridine rings is 1. The van der Waals surface area contributed by atoms with Gasteiger partial charge in [-0.2, -0.15) is 0 Å². The smallest absolute Gasteiger partial charge is 0.129 e. The maximum Gasteiger partial charge on any atom is 0.129 e. The molecule has 0 spiro atoms. The summed E-state index contributed by atoms with van der Waals surface area (Å²) in [6.45, 7) is 2.06. The lowest BCUT2D eigenvalue weighted by molar-refractivity contribution is 0.976. The molecule has 0 atom stereocenters. The van der Waals surface area contributed by atoms with Gasteiger partial charge in [0.1, 0.15) is 11.3 Å². The minimum absolute atomic E-state index is 0.356. The van der Waals surface area contributed by atoms with Crippen molar-refractivity contribution in [3.63, 3.8) is 0 Å². The second-order valence-electron chi connectivity index (χ2n) is 4.32. The molecule has 2 heterocycles. The standard InChI is InChI=1S/C14H11BrClN3/c1-9-2-3-12(10(15)6-9)19-13-4-5-17-8-11(13)18-14(19)7-16/h2-6,8H,7H2,1H3. The summed E-state index contributed by atoms with van der Waals surface area (Å²) in [5.41, 5.74) is 4.10. The van der Waals surface area contributed by atoms with Gasteiger partial charge in [-0.1, -0.05) is 6.07 Å². The molecule has 0 unspecified atom stereocenters. The van der Waals surface area contributed by atoms with Crippen molar-refractivity contribution in [3.05, 3.63) is 52.5 Å². The van der Waals surface area contributed by atoms with Crippen LogP contribution in [-0.2, 0) is 5.88 Å². The highest BCUT2D eigenvalue weighted by Gasteiger charge is 2.13. The summed E-state index contributed by atoms with van der Waals surface area (Å²) >= 11 is 9.63. The second-order valence-corrected chi connectivity index (χ2v) is 5.44. The van der Waals surface area contributed by atoms with Crippen LogP contribution in [0.3, 0.4) is 0 Å². The van der Waals surface area contributed by atoms with Crippen LogP contribution >= 0.6 is 27.5 Å². The molecule has 0 N–H and O–H groups in total. The maximum absolute atomic E-state index is 6.02. The van der Waals surface area contributed by atoms with E-state index in [2.05, 4.69) is 55.6 Å². The van der Waals surface area contributed by atoms with E-state index in [0.29, 0.717) is 5.88 Å². The van der Waals surface area contributed by atoms with Gasteiger partial charge in [-0.15, -0.1) is 11.6 Å². The molecule has 1 aromatic carbocycles. The topological polar surface area (TPSA) is 30.7 Å². The first kappa shape index (κ1) is 12.6. The second kappa shape index (κ2) is 4.94. The minimum atomic E-state index is 0.356. The molecule has 0 aliphatic rings. The number of aromatic nitrogens is 3. The Morgan fingerprint density at radius 2 is 2.16 bits per heavy atom. The Morgan fingerprint density at radius 1 is 1.32 bits per heavy atom. The molecule has 0 aliphatic heterocycles. The minimum Gasteiger partial charge on any atom is -0.294 e. The van der Waals surface area contributed by atoms with E-state index in [1.165, 1.54) is 5.56 Å². The first-order chi connectivity index (χ1) is 9.20. The first-order valence-corrected chi connectivity index (χ1v) is 7.17. The molecule has 3 nitrogen and oxygen atoms in total. The quantitative estimate of drug-likeness (QED) is 0.656. The average molecular weight is 337 g/mol. The highest BCUT2D eigenvalue weighted by molar-refractivity contribution is 9.10. The summed E-state index contributed by atoms with van der Waals surface area (Å²) < 4.78 is 3.09. The molecule has 0 radical (unpaired) electrons. The molecule has 0 saturated carbocycles. The Balaban J connectivity index is 2.34. The number of nitrogens with zero attached hydrogens (tertiary/aromatic N) is 3. The highest BCUT2D eigenvalue weighted by Crippen LogP contribution is 2.28. The molecular weight excluding hydrogens is 326 g/mol. The predicted octanol–water partition coefficient (Wildman–Crippen LogP) is 4.23. The molecule has 2 aromatic heterocycles. The Bertz CT molecular complexity index is 752. The van der Waals surface area contributed by atoms with Gasteiger partial charge in [0.05, 0.1) is 23.3 Å². The summed E-state index contributed by atoms with van der Waals surface area (Å²) in [5, 5.41) is 0. The van der Waals surface area contributed by atoms with Crippen LogP contribution in [0.2, 0.25) is 0 Å². The summed E-state index contributed by atoms with van der Waals surface area (Å²) in [5.74, 6) is 1.17. The van der Waals surface area contributed by atoms with Crippen LogP contribution in [0.1, 0.15) is 11.4 Å². The first-order valence-electron chi connectivity index (χ1n) is 5.84. The van der Waals surface area contributed by atoms with Crippen molar-refractivity contribution < 1.29 is 0 Å². The van der Waals surface area contributed by atoms with Crippen LogP contribution in [0.25, 0.3) is 16.7 Å². The van der Waals surface area contributed by atoms with Crippen molar-refractivity contribution in [2.24, 2.45) is 0 Å². The highest BCUT2D eigenvalue weighted by atomic mass is 79.9. The van der Waals surface area contributed by atoms with Crippen LogP contribution in [0, 0.1) is 6.92 Å². The van der Waals surface area contributed by atoms with Crippen LogP contribution in [0.5, 0.6) is 0 Å². The molecule has 96 valence electrons. The number of imidazole rings is 1. The van der Waals surface area contributed by atoms with Crippen molar-refractivity contribution >= 4 is 38.6 Å². The average Bonchev–Trinajstić information content (AvgIpc) is 2.77. The van der Waals surface area contributed by atoms with Gasteiger partial charge in [0, 0.05) is 10.7 Å². The monoisotopic (exact) mass is 335 g/mol. The normalized spacial score (nSPS) is 11.1. The molecule has 3 aromatic rings. The lowest BCUT2D eigenvalue weighted by Crippen LogP contribution is -2.00. The third-order valence-electron chi connectivity index (χ3n) is 2.99. The molecule has 0 fully saturated rings. The number of hydrogen-bond acceptors (Lipinski definition) is 2. The Hall–Kier alpha value is -1.39. The Kier molecular flexibility index (Phi) is 3.29. The number of halogens is 2. The number of aryl methyl sites for hydroxylation is 1. The molecule has 3 rings (SSSR count). The summed E-state index contributed by atoms with van der Waals surface area (Å²) in [6.07, 6.45) is 3.52. The zero-order valence-electron chi connectivity index (χ0n) is 10.3. The van der Waals surface area contributed by atoms with Crippen molar-refractivity contribution in [1.82, 2.24) is 14.5 Å². The van der Waals surface area contributed by atoms with E-state index in [9.17, 15) is 0 Å². The van der Waals surface area contributed by atoms with E-state index in [1.807, 2.05) is 6.07 Å². The largest absolute Gasteiger partial charge is 0.294 e. The van der Waals surface area contributed by atoms with Crippen molar-refractivity contribution in [2.75, 3.05) is 0 Å². The molecule has 0 aliphatic carbocycles. The number of alkyl halides is 1. The van der Waals surface area contributed by atoms with Crippen molar-refractivity contribution in [1.29, 1.82) is 0 Å². The summed E-state index contributed by atoms with van der Waals surface area (Å²) in [6, 6.07) is 8.17. The van der Waals surface area contributed by atoms with Gasteiger partial charge in [-0.25, -0.2) is 4.98 Å². The van der Waals surface area contributed by atoms with Gasteiger partial charge in [-0.3, -0.25) is 9.55 Å². The van der Waals surface area contributed by atoms with Crippen molar-refractivity contribution in [2.45, 2.75) is 12.8 Å². The van der Waals surface area contributed by atoms with Gasteiger partial charge >= 0.3 is 0 Å². The molecule has 19 heavy (non-hydrogen) atoms. The third-order valence-corrected chi connectivity index (χ3v) is 3.86. The number of benzene rings is 1. The van der Waals surface area contributed by atoms with E-state index in [4.69, 9.17) is 11.6 Å². The van der Waals surface area contributed by atoms with Gasteiger partial charge < -0.3 is 0 Å². The number of hydrogen-bond donors (Lipinski definition) is 0. The summed E-state index contributed by atoms with van der Waals surface area (Å²) in [4.78, 5) is 8.62. The van der Waals surface area contributed by atoms with Crippen molar-refractivity contribution in [3.8, 4) is 5.69 Å². The van der Waals surface area contributed by atoms with Crippen LogP contribution in [0.4, 0.5) is 0 Å². The SMILES string of the molecule is Cc1ccc(-n2c(CCl)nc3cnccc32)c(Br)c1. The molecule has 0 amide bonds. The van der Waals surface area contributed by atoms with Crippen LogP contribution < -0.4 is 0 Å². The van der Waals surface area contributed by atoms with Gasteiger partial charge in [0.2, 0.25) is 0 Å². The molecular formula is C14H11BrClN3. The third kappa shape index (κ3) is 2.15. The fourth-order valence-corrected chi connectivity index (χ4v) is 2.98. The molecule has 0 bridgehead atoms.